The van der Waals surface area contributed by atoms with Crippen molar-refractivity contribution in [3.63, 3.8) is 0 Å². The normalized spacial score (nSPS) is 16.0. The molecule has 0 fully saturated rings. The Bertz CT molecular complexity index is 1410. The van der Waals surface area contributed by atoms with Gasteiger partial charge in [0.15, 0.2) is 0 Å². The summed E-state index contributed by atoms with van der Waals surface area (Å²) in [7, 11) is 0. The van der Waals surface area contributed by atoms with Gasteiger partial charge in [0.2, 0.25) is 5.95 Å². The van der Waals surface area contributed by atoms with Gasteiger partial charge in [0.05, 0.1) is 27.8 Å². The molecule has 1 unspecified atom stereocenters. The largest absolute Gasteiger partial charge is 0.247 e. The molecule has 3 aromatic heterocycles. The number of hydrogen-bond donors (Lipinski definition) is 0. The number of fused-ring (bicyclic) bond motifs is 1. The van der Waals surface area contributed by atoms with Crippen molar-refractivity contribution >= 4 is 45.2 Å². The molecule has 0 amide bonds. The molecule has 6 heteroatoms. The molecule has 0 spiro atoms. The Balaban J connectivity index is 1.55. The van der Waals surface area contributed by atoms with E-state index in [1.807, 2.05) is 11.1 Å². The average Bonchev–Trinajstić information content (AvgIpc) is 3.60. The third kappa shape index (κ3) is 3.42. The minimum atomic E-state index is 0.0959. The quantitative estimate of drug-likeness (QED) is 0.292. The van der Waals surface area contributed by atoms with E-state index in [1.54, 1.807) is 22.7 Å². The van der Waals surface area contributed by atoms with Gasteiger partial charge >= 0.3 is 0 Å². The van der Waals surface area contributed by atoms with Crippen LogP contribution in [0.4, 0.5) is 5.95 Å². The first-order valence-corrected chi connectivity index (χ1v) is 12.3. The van der Waals surface area contributed by atoms with Crippen molar-refractivity contribution in [3.8, 4) is 11.3 Å². The number of thiophene rings is 2. The molecular weight excluding hydrogens is 432 g/mol. The van der Waals surface area contributed by atoms with Crippen LogP contribution in [-0.4, -0.2) is 15.7 Å². The second kappa shape index (κ2) is 7.97. The van der Waals surface area contributed by atoms with Crippen LogP contribution in [0.25, 0.3) is 22.2 Å². The lowest BCUT2D eigenvalue weighted by molar-refractivity contribution is 0.700. The highest BCUT2D eigenvalue weighted by atomic mass is 32.1. The molecule has 6 rings (SSSR count). The van der Waals surface area contributed by atoms with Gasteiger partial charge in [-0.15, -0.1) is 22.7 Å². The molecule has 4 heterocycles. The Hall–Kier alpha value is -3.35. The Morgan fingerprint density at radius 1 is 0.875 bits per heavy atom. The zero-order valence-corrected chi connectivity index (χ0v) is 19.1. The van der Waals surface area contributed by atoms with E-state index in [4.69, 9.17) is 15.1 Å². The SMILES string of the molecule is Cc1ccc2nc(N3N=C(c4cccs4)CC3c3cccs3)nc(-c3ccccc3)c2c1. The van der Waals surface area contributed by atoms with Crippen molar-refractivity contribution in [2.75, 3.05) is 5.01 Å². The molecule has 0 radical (unpaired) electrons. The first-order chi connectivity index (χ1) is 15.8. The summed E-state index contributed by atoms with van der Waals surface area (Å²) in [5.41, 5.74) is 5.25. The van der Waals surface area contributed by atoms with Gasteiger partial charge in [-0.25, -0.2) is 15.0 Å². The van der Waals surface area contributed by atoms with Crippen LogP contribution in [0.15, 0.2) is 88.7 Å². The van der Waals surface area contributed by atoms with E-state index < -0.39 is 0 Å². The number of hydrogen-bond acceptors (Lipinski definition) is 6. The van der Waals surface area contributed by atoms with Crippen LogP contribution in [0.3, 0.4) is 0 Å². The third-order valence-corrected chi connectivity index (χ3v) is 7.57. The molecule has 4 nitrogen and oxygen atoms in total. The topological polar surface area (TPSA) is 41.4 Å². The molecule has 0 bridgehead atoms. The molecule has 1 atom stereocenters. The highest BCUT2D eigenvalue weighted by Crippen LogP contribution is 2.39. The van der Waals surface area contributed by atoms with Gasteiger partial charge in [-0.05, 0) is 41.9 Å². The number of hydrazone groups is 1. The van der Waals surface area contributed by atoms with E-state index in [0.717, 1.165) is 34.3 Å². The van der Waals surface area contributed by atoms with Gasteiger partial charge < -0.3 is 0 Å². The fraction of sp³-hybridized carbons (Fsp3) is 0.115. The third-order valence-electron chi connectivity index (χ3n) is 5.68. The Morgan fingerprint density at radius 3 is 2.50 bits per heavy atom. The molecule has 5 aromatic rings. The summed E-state index contributed by atoms with van der Waals surface area (Å²) in [5.74, 6) is 0.644. The lowest BCUT2D eigenvalue weighted by Gasteiger charge is -2.22. The minimum Gasteiger partial charge on any atom is -0.223 e. The molecule has 0 saturated heterocycles. The maximum atomic E-state index is 5.09. The number of nitrogens with zero attached hydrogens (tertiary/aromatic N) is 4. The molecule has 32 heavy (non-hydrogen) atoms. The Morgan fingerprint density at radius 2 is 1.72 bits per heavy atom. The number of aromatic nitrogens is 2. The smallest absolute Gasteiger partial charge is 0.223 e. The van der Waals surface area contributed by atoms with Crippen LogP contribution in [0.5, 0.6) is 0 Å². The second-order valence-corrected chi connectivity index (χ2v) is 9.79. The Labute approximate surface area is 194 Å². The van der Waals surface area contributed by atoms with E-state index in [9.17, 15) is 0 Å². The van der Waals surface area contributed by atoms with Crippen molar-refractivity contribution in [1.82, 2.24) is 9.97 Å². The molecule has 2 aromatic carbocycles. The van der Waals surface area contributed by atoms with Crippen LogP contribution >= 0.6 is 22.7 Å². The molecule has 0 saturated carbocycles. The van der Waals surface area contributed by atoms with Crippen LogP contribution in [0.1, 0.15) is 27.8 Å². The van der Waals surface area contributed by atoms with Crippen molar-refractivity contribution in [3.05, 3.63) is 98.9 Å². The number of rotatable bonds is 4. The summed E-state index contributed by atoms with van der Waals surface area (Å²) < 4.78 is 0. The molecule has 0 N–H and O–H groups in total. The maximum absolute atomic E-state index is 5.09. The zero-order valence-electron chi connectivity index (χ0n) is 17.5. The van der Waals surface area contributed by atoms with Crippen molar-refractivity contribution in [2.24, 2.45) is 5.10 Å². The zero-order chi connectivity index (χ0) is 21.5. The van der Waals surface area contributed by atoms with Crippen LogP contribution in [-0.2, 0) is 0 Å². The van der Waals surface area contributed by atoms with Crippen molar-refractivity contribution < 1.29 is 0 Å². The van der Waals surface area contributed by atoms with Crippen molar-refractivity contribution in [1.29, 1.82) is 0 Å². The minimum absolute atomic E-state index is 0.0959. The summed E-state index contributed by atoms with van der Waals surface area (Å²) in [4.78, 5) is 12.5. The summed E-state index contributed by atoms with van der Waals surface area (Å²) in [6.45, 7) is 2.10. The molecule has 0 aliphatic carbocycles. The molecule has 156 valence electrons. The lowest BCUT2D eigenvalue weighted by Crippen LogP contribution is -2.20. The average molecular weight is 453 g/mol. The van der Waals surface area contributed by atoms with Crippen LogP contribution < -0.4 is 5.01 Å². The fourth-order valence-corrected chi connectivity index (χ4v) is 5.67. The maximum Gasteiger partial charge on any atom is 0.247 e. The van der Waals surface area contributed by atoms with E-state index in [2.05, 4.69) is 84.4 Å². The number of anilines is 1. The predicted molar refractivity (Wildman–Crippen MR) is 135 cm³/mol. The second-order valence-electron chi connectivity index (χ2n) is 7.86. The molecule has 1 aliphatic rings. The van der Waals surface area contributed by atoms with E-state index in [0.29, 0.717) is 5.95 Å². The van der Waals surface area contributed by atoms with Crippen LogP contribution in [0.2, 0.25) is 0 Å². The first kappa shape index (κ1) is 19.3. The van der Waals surface area contributed by atoms with Gasteiger partial charge in [0.1, 0.15) is 0 Å². The highest BCUT2D eigenvalue weighted by Gasteiger charge is 2.33. The Kier molecular flexibility index (Phi) is 4.82. The fourth-order valence-electron chi connectivity index (χ4n) is 4.14. The summed E-state index contributed by atoms with van der Waals surface area (Å²) >= 11 is 3.48. The van der Waals surface area contributed by atoms with Crippen molar-refractivity contribution in [2.45, 2.75) is 19.4 Å². The summed E-state index contributed by atoms with van der Waals surface area (Å²) in [6, 6.07) is 25.3. The summed E-state index contributed by atoms with van der Waals surface area (Å²) in [6.07, 6.45) is 0.844. The van der Waals surface area contributed by atoms with E-state index in [-0.39, 0.29) is 6.04 Å². The number of aryl methyl sites for hydroxylation is 1. The lowest BCUT2D eigenvalue weighted by atomic mass is 10.0. The van der Waals surface area contributed by atoms with Gasteiger partial charge in [0, 0.05) is 22.2 Å². The van der Waals surface area contributed by atoms with Gasteiger partial charge in [-0.1, -0.05) is 54.1 Å². The highest BCUT2D eigenvalue weighted by molar-refractivity contribution is 7.12. The first-order valence-electron chi connectivity index (χ1n) is 10.5. The van der Waals surface area contributed by atoms with Gasteiger partial charge in [-0.3, -0.25) is 0 Å². The van der Waals surface area contributed by atoms with Crippen LogP contribution in [0, 0.1) is 6.92 Å². The standard InChI is InChI=1S/C26H20N4S2/c1-17-11-12-20-19(15-17)25(18-7-3-2-4-8-18)28-26(27-20)30-22(24-10-6-14-32-24)16-21(29-30)23-9-5-13-31-23/h2-15,22H,16H2,1H3. The molecule has 1 aliphatic heterocycles. The molecular formula is C26H20N4S2. The summed E-state index contributed by atoms with van der Waals surface area (Å²) in [5, 5.41) is 12.3. The monoisotopic (exact) mass is 452 g/mol. The number of benzene rings is 2. The van der Waals surface area contributed by atoms with Gasteiger partial charge in [0.25, 0.3) is 0 Å². The predicted octanol–water partition coefficient (Wildman–Crippen LogP) is 7.08. The van der Waals surface area contributed by atoms with E-state index in [1.165, 1.54) is 15.3 Å². The van der Waals surface area contributed by atoms with E-state index >= 15 is 0 Å². The van der Waals surface area contributed by atoms with Gasteiger partial charge in [-0.2, -0.15) is 5.10 Å².